The zero-order valence-electron chi connectivity index (χ0n) is 20.1. The van der Waals surface area contributed by atoms with Gasteiger partial charge in [0.15, 0.2) is 0 Å². The van der Waals surface area contributed by atoms with E-state index in [2.05, 4.69) is 0 Å². The Balaban J connectivity index is 1.74. The van der Waals surface area contributed by atoms with Gasteiger partial charge in [0.2, 0.25) is 0 Å². The highest BCUT2D eigenvalue weighted by atomic mass is 16.5. The lowest BCUT2D eigenvalue weighted by Crippen LogP contribution is -2.29. The average Bonchev–Trinajstić information content (AvgIpc) is 3.46. The molecule has 1 N–H and O–H groups in total. The number of nitrogens with zero attached hydrogens (tertiary/aromatic N) is 1. The van der Waals surface area contributed by atoms with Crippen LogP contribution in [-0.2, 0) is 16.1 Å². The predicted octanol–water partition coefficient (Wildman–Crippen LogP) is 5.40. The largest absolute Gasteiger partial charge is 0.507 e. The third-order valence-electron chi connectivity index (χ3n) is 5.83. The van der Waals surface area contributed by atoms with Gasteiger partial charge in [-0.15, -0.1) is 0 Å². The van der Waals surface area contributed by atoms with Crippen LogP contribution < -0.4 is 9.47 Å². The highest BCUT2D eigenvalue weighted by Crippen LogP contribution is 2.41. The molecule has 2 heterocycles. The lowest BCUT2D eigenvalue weighted by Gasteiger charge is -2.23. The van der Waals surface area contributed by atoms with Crippen molar-refractivity contribution in [3.8, 4) is 11.5 Å². The number of aryl methyl sites for hydroxylation is 1. The Kier molecular flexibility index (Phi) is 7.25. The smallest absolute Gasteiger partial charge is 0.296 e. The van der Waals surface area contributed by atoms with Crippen LogP contribution in [-0.4, -0.2) is 34.9 Å². The topological polar surface area (TPSA) is 89.2 Å². The Morgan fingerprint density at radius 2 is 1.89 bits per heavy atom. The predicted molar refractivity (Wildman–Crippen MR) is 131 cm³/mol. The van der Waals surface area contributed by atoms with Crippen LogP contribution in [0.15, 0.2) is 70.9 Å². The summed E-state index contributed by atoms with van der Waals surface area (Å²) in [6.45, 7) is 7.04. The zero-order valence-corrected chi connectivity index (χ0v) is 20.1. The summed E-state index contributed by atoms with van der Waals surface area (Å²) < 4.78 is 16.9. The van der Waals surface area contributed by atoms with Crippen LogP contribution in [0.5, 0.6) is 11.5 Å². The molecule has 35 heavy (non-hydrogen) atoms. The van der Waals surface area contributed by atoms with Crippen molar-refractivity contribution in [3.05, 3.63) is 88.9 Å². The lowest BCUT2D eigenvalue weighted by molar-refractivity contribution is -0.140. The van der Waals surface area contributed by atoms with Gasteiger partial charge in [0, 0.05) is 12.1 Å². The molecule has 7 heteroatoms. The molecule has 0 bridgehead atoms. The number of rotatable bonds is 9. The highest BCUT2D eigenvalue weighted by Gasteiger charge is 2.47. The number of carbonyl (C=O) groups excluding carboxylic acids is 2. The number of aliphatic hydroxyl groups excluding tert-OH is 1. The second kappa shape index (κ2) is 10.5. The number of likely N-dealkylation sites (tertiary alicyclic amines) is 1. The van der Waals surface area contributed by atoms with E-state index in [1.165, 1.54) is 11.2 Å². The van der Waals surface area contributed by atoms with Crippen LogP contribution >= 0.6 is 0 Å². The van der Waals surface area contributed by atoms with Gasteiger partial charge in [-0.2, -0.15) is 0 Å². The fourth-order valence-electron chi connectivity index (χ4n) is 4.21. The summed E-state index contributed by atoms with van der Waals surface area (Å²) in [6.07, 6.45) is 2.36. The SMILES string of the molecule is CCCOc1ccc(/C(O)=C2/C(=O)C(=O)N(Cc3cccc(OCC)c3)C2c2ccco2)cc1C. The van der Waals surface area contributed by atoms with E-state index < -0.39 is 17.7 Å². The summed E-state index contributed by atoms with van der Waals surface area (Å²) in [6, 6.07) is 15.1. The van der Waals surface area contributed by atoms with Crippen LogP contribution in [0.3, 0.4) is 0 Å². The van der Waals surface area contributed by atoms with E-state index in [1.807, 2.05) is 45.0 Å². The van der Waals surface area contributed by atoms with Crippen molar-refractivity contribution < 1.29 is 28.6 Å². The first-order valence-corrected chi connectivity index (χ1v) is 11.7. The fourth-order valence-corrected chi connectivity index (χ4v) is 4.21. The molecular weight excluding hydrogens is 446 g/mol. The maximum atomic E-state index is 13.2. The molecule has 2 aromatic carbocycles. The third-order valence-corrected chi connectivity index (χ3v) is 5.83. The van der Waals surface area contributed by atoms with E-state index in [0.717, 1.165) is 17.5 Å². The number of ether oxygens (including phenoxy) is 2. The fraction of sp³-hybridized carbons (Fsp3) is 0.286. The van der Waals surface area contributed by atoms with E-state index in [1.54, 1.807) is 30.3 Å². The molecule has 1 aliphatic heterocycles. The molecule has 1 atom stereocenters. The van der Waals surface area contributed by atoms with Crippen molar-refractivity contribution in [2.45, 2.75) is 39.8 Å². The van der Waals surface area contributed by atoms with E-state index in [0.29, 0.717) is 36.0 Å². The van der Waals surface area contributed by atoms with Gasteiger partial charge in [0.05, 0.1) is 25.1 Å². The number of hydrogen-bond acceptors (Lipinski definition) is 6. The van der Waals surface area contributed by atoms with Gasteiger partial charge in [0.1, 0.15) is 29.1 Å². The maximum Gasteiger partial charge on any atom is 0.296 e. The molecule has 1 unspecified atom stereocenters. The molecule has 0 aliphatic carbocycles. The number of carbonyl (C=O) groups is 2. The molecule has 7 nitrogen and oxygen atoms in total. The Morgan fingerprint density at radius 1 is 1.06 bits per heavy atom. The Bertz CT molecular complexity index is 1240. The summed E-state index contributed by atoms with van der Waals surface area (Å²) in [7, 11) is 0. The number of furan rings is 1. The molecule has 1 saturated heterocycles. The monoisotopic (exact) mass is 475 g/mol. The molecule has 1 aliphatic rings. The summed E-state index contributed by atoms with van der Waals surface area (Å²) in [5.41, 5.74) is 2.04. The molecule has 4 rings (SSSR count). The number of benzene rings is 2. The van der Waals surface area contributed by atoms with Crippen LogP contribution in [0.4, 0.5) is 0 Å². The van der Waals surface area contributed by atoms with Crippen LogP contribution in [0.2, 0.25) is 0 Å². The van der Waals surface area contributed by atoms with Crippen molar-refractivity contribution in [1.29, 1.82) is 0 Å². The van der Waals surface area contributed by atoms with Crippen molar-refractivity contribution in [2.75, 3.05) is 13.2 Å². The quantitative estimate of drug-likeness (QED) is 0.253. The van der Waals surface area contributed by atoms with Gasteiger partial charge in [-0.05, 0) is 73.9 Å². The van der Waals surface area contributed by atoms with Crippen molar-refractivity contribution in [2.24, 2.45) is 0 Å². The van der Waals surface area contributed by atoms with E-state index in [4.69, 9.17) is 13.9 Å². The number of amides is 1. The van der Waals surface area contributed by atoms with Gasteiger partial charge in [-0.3, -0.25) is 9.59 Å². The first-order valence-electron chi connectivity index (χ1n) is 11.7. The van der Waals surface area contributed by atoms with Crippen molar-refractivity contribution in [1.82, 2.24) is 4.90 Å². The molecule has 1 amide bonds. The zero-order chi connectivity index (χ0) is 24.9. The molecule has 0 radical (unpaired) electrons. The van der Waals surface area contributed by atoms with Gasteiger partial charge in [0.25, 0.3) is 11.7 Å². The number of ketones is 1. The van der Waals surface area contributed by atoms with E-state index in [-0.39, 0.29) is 17.9 Å². The molecule has 182 valence electrons. The first kappa shape index (κ1) is 24.1. The molecule has 1 aromatic heterocycles. The third kappa shape index (κ3) is 4.94. The second-order valence-corrected chi connectivity index (χ2v) is 8.35. The van der Waals surface area contributed by atoms with Gasteiger partial charge < -0.3 is 23.9 Å². The normalized spacial score (nSPS) is 17.1. The minimum Gasteiger partial charge on any atom is -0.507 e. The van der Waals surface area contributed by atoms with Crippen molar-refractivity contribution in [3.63, 3.8) is 0 Å². The summed E-state index contributed by atoms with van der Waals surface area (Å²) in [5.74, 6) is 0.0765. The molecule has 1 fully saturated rings. The van der Waals surface area contributed by atoms with Crippen LogP contribution in [0.1, 0.15) is 48.8 Å². The minimum atomic E-state index is -0.864. The van der Waals surface area contributed by atoms with E-state index >= 15 is 0 Å². The molecular formula is C28H29NO6. The van der Waals surface area contributed by atoms with E-state index in [9.17, 15) is 14.7 Å². The number of Topliss-reactive ketones (excluding diaryl/α,β-unsaturated/α-hetero) is 1. The molecule has 0 saturated carbocycles. The highest BCUT2D eigenvalue weighted by molar-refractivity contribution is 6.46. The molecule has 3 aromatic rings. The van der Waals surface area contributed by atoms with Gasteiger partial charge >= 0.3 is 0 Å². The van der Waals surface area contributed by atoms with Crippen LogP contribution in [0, 0.1) is 6.92 Å². The number of hydrogen-bond donors (Lipinski definition) is 1. The van der Waals surface area contributed by atoms with Gasteiger partial charge in [-0.25, -0.2) is 0 Å². The van der Waals surface area contributed by atoms with Crippen molar-refractivity contribution >= 4 is 17.4 Å². The Hall–Kier alpha value is -4.00. The number of aliphatic hydroxyl groups is 1. The average molecular weight is 476 g/mol. The first-order chi connectivity index (χ1) is 16.9. The Labute approximate surface area is 204 Å². The van der Waals surface area contributed by atoms with Gasteiger partial charge in [-0.1, -0.05) is 19.1 Å². The standard InChI is InChI=1S/C28H29NO6/c1-4-13-34-22-12-11-20(15-18(22)3)26(30)24-25(23-10-7-14-35-23)29(28(32)27(24)31)17-19-8-6-9-21(16-19)33-5-2/h6-12,14-16,25,30H,4-5,13,17H2,1-3H3/b26-24-. The molecule has 0 spiro atoms. The summed E-state index contributed by atoms with van der Waals surface area (Å²) in [5, 5.41) is 11.2. The second-order valence-electron chi connectivity index (χ2n) is 8.35. The maximum absolute atomic E-state index is 13.2. The van der Waals surface area contributed by atoms with Crippen LogP contribution in [0.25, 0.3) is 5.76 Å². The lowest BCUT2D eigenvalue weighted by atomic mass is 9.98. The minimum absolute atomic E-state index is 0.00691. The summed E-state index contributed by atoms with van der Waals surface area (Å²) >= 11 is 0. The Morgan fingerprint density at radius 3 is 2.57 bits per heavy atom. The summed E-state index contributed by atoms with van der Waals surface area (Å²) in [4.78, 5) is 27.8.